The van der Waals surface area contributed by atoms with Gasteiger partial charge in [0.25, 0.3) is 5.95 Å². The predicted octanol–water partition coefficient (Wildman–Crippen LogP) is 4.89. The summed E-state index contributed by atoms with van der Waals surface area (Å²) in [4.78, 5) is 4.49. The van der Waals surface area contributed by atoms with Crippen molar-refractivity contribution >= 4 is 60.5 Å². The van der Waals surface area contributed by atoms with E-state index in [0.29, 0.717) is 16.9 Å². The summed E-state index contributed by atoms with van der Waals surface area (Å²) < 4.78 is 4.49. The maximum atomic E-state index is 10.4. The first kappa shape index (κ1) is 16.8. The van der Waals surface area contributed by atoms with Crippen LogP contribution in [-0.4, -0.2) is 29.4 Å². The van der Waals surface area contributed by atoms with Gasteiger partial charge in [-0.15, -0.1) is 20.4 Å². The van der Waals surface area contributed by atoms with Crippen molar-refractivity contribution in [2.45, 2.75) is 0 Å². The van der Waals surface area contributed by atoms with E-state index in [1.54, 1.807) is 11.6 Å². The lowest BCUT2D eigenvalue weighted by Crippen LogP contribution is -1.92. The Kier molecular flexibility index (Phi) is 3.66. The number of hydrogen-bond acceptors (Lipinski definition) is 6. The van der Waals surface area contributed by atoms with Crippen LogP contribution in [0.25, 0.3) is 33.0 Å². The van der Waals surface area contributed by atoms with E-state index in [1.807, 2.05) is 54.1 Å². The molecule has 0 aliphatic carbocycles. The lowest BCUT2D eigenvalue weighted by Gasteiger charge is -1.96. The molecule has 2 aromatic carbocycles. The van der Waals surface area contributed by atoms with E-state index in [1.165, 1.54) is 0 Å². The van der Waals surface area contributed by atoms with Gasteiger partial charge >= 0.3 is 0 Å². The number of nitrogens with zero attached hydrogens (tertiary/aromatic N) is 7. The van der Waals surface area contributed by atoms with Crippen molar-refractivity contribution in [2.75, 3.05) is 0 Å². The molecule has 9 heteroatoms. The quantitative estimate of drug-likeness (QED) is 0.399. The van der Waals surface area contributed by atoms with Gasteiger partial charge in [-0.05, 0) is 24.3 Å². The second-order valence-electron chi connectivity index (χ2n) is 6.45. The number of aromatic hydroxyl groups is 1. The minimum Gasteiger partial charge on any atom is -0.493 e. The molecule has 0 radical (unpaired) electrons. The van der Waals surface area contributed by atoms with Crippen LogP contribution >= 0.6 is 15.9 Å². The van der Waals surface area contributed by atoms with Crippen LogP contribution in [0.15, 0.2) is 57.2 Å². The molecule has 0 aliphatic heterocycles. The lowest BCUT2D eigenvalue weighted by atomic mass is 10.2. The Morgan fingerprint density at radius 3 is 2.57 bits per heavy atom. The highest BCUT2D eigenvalue weighted by atomic mass is 79.9. The summed E-state index contributed by atoms with van der Waals surface area (Å²) in [6.07, 6.45) is 0. The molecule has 5 aromatic rings. The van der Waals surface area contributed by atoms with Gasteiger partial charge in [0, 0.05) is 29.3 Å². The third-order valence-electron chi connectivity index (χ3n) is 4.84. The summed E-state index contributed by atoms with van der Waals surface area (Å²) in [6, 6.07) is 13.6. The molecule has 0 bridgehead atoms. The van der Waals surface area contributed by atoms with Crippen LogP contribution in [0.3, 0.4) is 0 Å². The Morgan fingerprint density at radius 2 is 1.71 bits per heavy atom. The van der Waals surface area contributed by atoms with Crippen molar-refractivity contribution in [2.24, 2.45) is 24.3 Å². The highest BCUT2D eigenvalue weighted by Crippen LogP contribution is 2.39. The topological polar surface area (TPSA) is 93.5 Å². The molecule has 3 aromatic heterocycles. The zero-order chi connectivity index (χ0) is 19.4. The van der Waals surface area contributed by atoms with Gasteiger partial charge in [-0.2, -0.15) is 4.98 Å². The van der Waals surface area contributed by atoms with Crippen LogP contribution in [0.2, 0.25) is 0 Å². The molecule has 0 spiro atoms. The smallest absolute Gasteiger partial charge is 0.289 e. The van der Waals surface area contributed by atoms with Crippen LogP contribution in [0.1, 0.15) is 0 Å². The van der Waals surface area contributed by atoms with Gasteiger partial charge in [-0.3, -0.25) is 0 Å². The average molecular weight is 436 g/mol. The van der Waals surface area contributed by atoms with E-state index < -0.39 is 0 Å². The summed E-state index contributed by atoms with van der Waals surface area (Å²) >= 11 is 3.45. The van der Waals surface area contributed by atoms with E-state index in [0.717, 1.165) is 26.3 Å². The Morgan fingerprint density at radius 1 is 0.929 bits per heavy atom. The Bertz CT molecular complexity index is 1420. The second kappa shape index (κ2) is 6.10. The third kappa shape index (κ3) is 2.40. The minimum atomic E-state index is 0.0236. The molecule has 0 atom stereocenters. The molecule has 0 fully saturated rings. The van der Waals surface area contributed by atoms with Gasteiger partial charge in [0.1, 0.15) is 5.52 Å². The molecule has 1 N–H and O–H groups in total. The van der Waals surface area contributed by atoms with Crippen molar-refractivity contribution in [3.05, 3.63) is 46.9 Å². The standard InChI is InChI=1S/C19H14BrN7O/c1-26-13-6-4-3-5-11(13)15-17(26)21-19(24-22-15)25-23-16-12-9-10(20)7-8-14(12)27(2)18(16)28/h3-9,28H,1-2H3. The maximum Gasteiger partial charge on any atom is 0.289 e. The van der Waals surface area contributed by atoms with Crippen molar-refractivity contribution < 1.29 is 5.11 Å². The largest absolute Gasteiger partial charge is 0.493 e. The number of fused-ring (bicyclic) bond motifs is 4. The summed E-state index contributed by atoms with van der Waals surface area (Å²) in [5, 5.41) is 28.9. The summed E-state index contributed by atoms with van der Waals surface area (Å²) in [7, 11) is 3.69. The van der Waals surface area contributed by atoms with Crippen molar-refractivity contribution in [3.8, 4) is 5.88 Å². The Labute approximate surface area is 167 Å². The number of aromatic nitrogens is 5. The van der Waals surface area contributed by atoms with E-state index >= 15 is 0 Å². The number of para-hydroxylation sites is 1. The van der Waals surface area contributed by atoms with Crippen LogP contribution in [0.4, 0.5) is 11.6 Å². The minimum absolute atomic E-state index is 0.0236. The number of azo groups is 1. The van der Waals surface area contributed by atoms with Gasteiger partial charge in [0.15, 0.2) is 11.3 Å². The maximum absolute atomic E-state index is 10.4. The Hall–Kier alpha value is -3.33. The van der Waals surface area contributed by atoms with Gasteiger partial charge in [-0.1, -0.05) is 34.1 Å². The first-order valence-electron chi connectivity index (χ1n) is 8.51. The molecule has 3 heterocycles. The van der Waals surface area contributed by atoms with Crippen LogP contribution < -0.4 is 0 Å². The normalized spacial score (nSPS) is 12.1. The molecular formula is C19H14BrN7O. The molecule has 5 rings (SSSR count). The molecule has 0 saturated heterocycles. The molecule has 28 heavy (non-hydrogen) atoms. The zero-order valence-electron chi connectivity index (χ0n) is 15.0. The molecule has 138 valence electrons. The number of hydrogen-bond donors (Lipinski definition) is 1. The summed E-state index contributed by atoms with van der Waals surface area (Å²) in [5.74, 6) is 0.153. The first-order valence-corrected chi connectivity index (χ1v) is 9.30. The number of aryl methyl sites for hydroxylation is 2. The molecule has 0 amide bonds. The molecule has 8 nitrogen and oxygen atoms in total. The molecule has 0 aliphatic rings. The van der Waals surface area contributed by atoms with Crippen molar-refractivity contribution in [1.82, 2.24) is 24.3 Å². The van der Waals surface area contributed by atoms with E-state index in [2.05, 4.69) is 41.3 Å². The summed E-state index contributed by atoms with van der Waals surface area (Å²) in [6.45, 7) is 0. The molecule has 0 saturated carbocycles. The van der Waals surface area contributed by atoms with Crippen LogP contribution in [-0.2, 0) is 14.1 Å². The second-order valence-corrected chi connectivity index (χ2v) is 7.37. The van der Waals surface area contributed by atoms with E-state index in [-0.39, 0.29) is 11.8 Å². The van der Waals surface area contributed by atoms with Gasteiger partial charge in [0.2, 0.25) is 5.88 Å². The van der Waals surface area contributed by atoms with E-state index in [4.69, 9.17) is 0 Å². The van der Waals surface area contributed by atoms with Crippen molar-refractivity contribution in [3.63, 3.8) is 0 Å². The van der Waals surface area contributed by atoms with E-state index in [9.17, 15) is 5.11 Å². The van der Waals surface area contributed by atoms with Crippen molar-refractivity contribution in [1.29, 1.82) is 0 Å². The van der Waals surface area contributed by atoms with Gasteiger partial charge in [-0.25, -0.2) is 0 Å². The lowest BCUT2D eigenvalue weighted by molar-refractivity contribution is 0.436. The Balaban J connectivity index is 1.64. The highest BCUT2D eigenvalue weighted by Gasteiger charge is 2.16. The van der Waals surface area contributed by atoms with Gasteiger partial charge in [0.05, 0.1) is 11.0 Å². The average Bonchev–Trinajstić information content (AvgIpc) is 3.12. The fraction of sp³-hybridized carbons (Fsp3) is 0.105. The molecule has 0 unspecified atom stereocenters. The predicted molar refractivity (Wildman–Crippen MR) is 110 cm³/mol. The first-order chi connectivity index (χ1) is 13.5. The fourth-order valence-corrected chi connectivity index (χ4v) is 3.78. The zero-order valence-corrected chi connectivity index (χ0v) is 16.6. The summed E-state index contributed by atoms with van der Waals surface area (Å²) in [5.41, 5.74) is 3.62. The third-order valence-corrected chi connectivity index (χ3v) is 5.33. The number of benzene rings is 2. The SMILES string of the molecule is Cn1c(O)c(N=Nc2nnc3c4ccccc4n(C)c3n2)c2cc(Br)ccc21. The molecular weight excluding hydrogens is 422 g/mol. The number of halogens is 1. The highest BCUT2D eigenvalue weighted by molar-refractivity contribution is 9.10. The fourth-order valence-electron chi connectivity index (χ4n) is 3.42. The van der Waals surface area contributed by atoms with Crippen LogP contribution in [0, 0.1) is 0 Å². The van der Waals surface area contributed by atoms with Crippen LogP contribution in [0.5, 0.6) is 5.88 Å². The monoisotopic (exact) mass is 435 g/mol. The van der Waals surface area contributed by atoms with Gasteiger partial charge < -0.3 is 14.2 Å². The number of rotatable bonds is 2.